The number of rotatable bonds is 7. The highest BCUT2D eigenvalue weighted by atomic mass is 35.5. The first-order valence-corrected chi connectivity index (χ1v) is 7.38. The lowest BCUT2D eigenvalue weighted by molar-refractivity contribution is 0.294. The van der Waals surface area contributed by atoms with Crippen molar-refractivity contribution in [2.24, 2.45) is 15.9 Å². The van der Waals surface area contributed by atoms with Gasteiger partial charge in [0, 0.05) is 18.0 Å². The Hall–Kier alpha value is -1.27. The fourth-order valence-electron chi connectivity index (χ4n) is 1.67. The molecular formula is C13H19ClN4OS. The van der Waals surface area contributed by atoms with Gasteiger partial charge in [-0.3, -0.25) is 0 Å². The molecule has 0 unspecified atom stereocenters. The molecule has 1 aliphatic heterocycles. The molecule has 1 aromatic heterocycles. The van der Waals surface area contributed by atoms with Crippen molar-refractivity contribution >= 4 is 35.0 Å². The Bertz CT molecular complexity index is 453. The number of ether oxygens (including phenoxy) is 1. The summed E-state index contributed by atoms with van der Waals surface area (Å²) in [6, 6.07) is 5.68. The second-order valence-electron chi connectivity index (χ2n) is 4.22. The third-order valence-electron chi connectivity index (χ3n) is 2.67. The van der Waals surface area contributed by atoms with Gasteiger partial charge in [-0.1, -0.05) is 17.8 Å². The largest absolute Gasteiger partial charge is 0.478 e. The van der Waals surface area contributed by atoms with E-state index in [1.165, 1.54) is 0 Å². The molecule has 0 aliphatic carbocycles. The Morgan fingerprint density at radius 3 is 2.80 bits per heavy atom. The van der Waals surface area contributed by atoms with Gasteiger partial charge in [-0.2, -0.15) is 5.10 Å². The number of pyridine rings is 1. The van der Waals surface area contributed by atoms with E-state index < -0.39 is 0 Å². The molecule has 0 spiro atoms. The zero-order valence-corrected chi connectivity index (χ0v) is 12.8. The predicted molar refractivity (Wildman–Crippen MR) is 87.0 cm³/mol. The topological polar surface area (TPSA) is 72.9 Å². The number of amidine groups is 1. The number of hydrogen-bond acceptors (Lipinski definition) is 6. The average Bonchev–Trinajstić information content (AvgIpc) is 2.46. The van der Waals surface area contributed by atoms with Gasteiger partial charge in [0.1, 0.15) is 0 Å². The first-order chi connectivity index (χ1) is 9.34. The number of hydrogen-bond donors (Lipinski definition) is 1. The van der Waals surface area contributed by atoms with Crippen molar-refractivity contribution in [3.8, 4) is 5.88 Å². The Labute approximate surface area is 129 Å². The van der Waals surface area contributed by atoms with Crippen LogP contribution >= 0.6 is 24.2 Å². The number of nitrogens with two attached hydrogens (primary N) is 1. The van der Waals surface area contributed by atoms with Crippen LogP contribution in [0.3, 0.4) is 0 Å². The summed E-state index contributed by atoms with van der Waals surface area (Å²) in [5, 5.41) is 8.53. The Morgan fingerprint density at radius 2 is 2.10 bits per heavy atom. The highest BCUT2D eigenvalue weighted by Gasteiger charge is 2.07. The van der Waals surface area contributed by atoms with E-state index in [1.54, 1.807) is 18.0 Å². The summed E-state index contributed by atoms with van der Waals surface area (Å²) in [4.78, 5) is 4.11. The van der Waals surface area contributed by atoms with E-state index >= 15 is 0 Å². The minimum atomic E-state index is 0. The van der Waals surface area contributed by atoms with Crippen molar-refractivity contribution in [1.29, 1.82) is 0 Å². The summed E-state index contributed by atoms with van der Waals surface area (Å²) in [6.45, 7) is 0.712. The molecule has 7 heteroatoms. The molecule has 0 saturated heterocycles. The van der Waals surface area contributed by atoms with Gasteiger partial charge in [0.25, 0.3) is 0 Å². The molecule has 5 nitrogen and oxygen atoms in total. The normalized spacial score (nSPS) is 14.0. The van der Waals surface area contributed by atoms with E-state index in [2.05, 4.69) is 15.2 Å². The van der Waals surface area contributed by atoms with Gasteiger partial charge in [-0.25, -0.2) is 4.98 Å². The molecule has 1 aliphatic rings. The molecule has 0 aromatic carbocycles. The molecule has 0 fully saturated rings. The maximum absolute atomic E-state index is 5.53. The van der Waals surface area contributed by atoms with E-state index in [4.69, 9.17) is 10.5 Å². The number of nitrogens with zero attached hydrogens (tertiary/aromatic N) is 3. The lowest BCUT2D eigenvalue weighted by atomic mass is 10.1. The van der Waals surface area contributed by atoms with Gasteiger partial charge in [0.05, 0.1) is 12.3 Å². The van der Waals surface area contributed by atoms with Crippen LogP contribution in [0.2, 0.25) is 0 Å². The summed E-state index contributed by atoms with van der Waals surface area (Å²) in [6.07, 6.45) is 5.99. The van der Waals surface area contributed by atoms with Gasteiger partial charge < -0.3 is 10.5 Å². The predicted octanol–water partition coefficient (Wildman–Crippen LogP) is 2.86. The third-order valence-corrected chi connectivity index (χ3v) is 3.53. The van der Waals surface area contributed by atoms with Crippen LogP contribution in [0, 0.1) is 0 Å². The van der Waals surface area contributed by atoms with Crippen LogP contribution in [0.1, 0.15) is 25.7 Å². The molecule has 0 bridgehead atoms. The zero-order valence-electron chi connectivity index (χ0n) is 11.2. The fraction of sp³-hybridized carbons (Fsp3) is 0.462. The van der Waals surface area contributed by atoms with Crippen LogP contribution < -0.4 is 10.5 Å². The van der Waals surface area contributed by atoms with Crippen molar-refractivity contribution < 1.29 is 4.74 Å². The van der Waals surface area contributed by atoms with E-state index in [0.717, 1.165) is 37.1 Å². The highest BCUT2D eigenvalue weighted by Crippen LogP contribution is 2.12. The maximum atomic E-state index is 5.53. The van der Waals surface area contributed by atoms with Gasteiger partial charge in [0.2, 0.25) is 5.88 Å². The molecule has 0 atom stereocenters. The molecule has 1 aromatic rings. The first kappa shape index (κ1) is 16.8. The molecule has 2 N–H and O–H groups in total. The van der Waals surface area contributed by atoms with E-state index in [-0.39, 0.29) is 12.4 Å². The number of aromatic nitrogens is 1. The molecule has 110 valence electrons. The van der Waals surface area contributed by atoms with Crippen molar-refractivity contribution in [3.63, 3.8) is 0 Å². The summed E-state index contributed by atoms with van der Waals surface area (Å²) in [5.41, 5.74) is 6.66. The standard InChI is InChI=1S/C13H18N4OS.ClH/c14-13-17-16-11(10-19-13)6-2-1-5-9-18-12-7-3-4-8-15-12;/h3-4,7-8H,1-2,5-6,9-10H2,(H2,14,17);1H. The number of halogens is 1. The number of thioether (sulfide) groups is 1. The van der Waals surface area contributed by atoms with E-state index in [0.29, 0.717) is 17.7 Å². The molecule has 2 rings (SSSR count). The quantitative estimate of drug-likeness (QED) is 0.785. The second-order valence-corrected chi connectivity index (χ2v) is 5.22. The van der Waals surface area contributed by atoms with E-state index in [1.807, 2.05) is 18.2 Å². The van der Waals surface area contributed by atoms with Crippen molar-refractivity contribution in [2.75, 3.05) is 12.4 Å². The molecular weight excluding hydrogens is 296 g/mol. The van der Waals surface area contributed by atoms with Crippen LogP contribution in [0.5, 0.6) is 5.88 Å². The van der Waals surface area contributed by atoms with Gasteiger partial charge in [0.15, 0.2) is 5.17 Å². The fourth-order valence-corrected chi connectivity index (χ4v) is 2.29. The Kier molecular flexibility index (Phi) is 8.06. The van der Waals surface area contributed by atoms with Crippen LogP contribution in [0.25, 0.3) is 0 Å². The molecule has 2 heterocycles. The van der Waals surface area contributed by atoms with Crippen LogP contribution in [0.4, 0.5) is 0 Å². The van der Waals surface area contributed by atoms with Crippen molar-refractivity contribution in [2.45, 2.75) is 25.7 Å². The summed E-state index contributed by atoms with van der Waals surface area (Å²) in [5.74, 6) is 1.57. The molecule has 0 saturated carbocycles. The lowest BCUT2D eigenvalue weighted by Gasteiger charge is -2.08. The molecule has 0 radical (unpaired) electrons. The molecule has 0 amide bonds. The smallest absolute Gasteiger partial charge is 0.213 e. The summed E-state index contributed by atoms with van der Waals surface area (Å²) < 4.78 is 5.53. The SMILES string of the molecule is Cl.NC1=NN=C(CCCCCOc2ccccn2)CS1. The Balaban J connectivity index is 0.00000200. The van der Waals surface area contributed by atoms with Crippen LogP contribution in [-0.2, 0) is 0 Å². The minimum Gasteiger partial charge on any atom is -0.478 e. The van der Waals surface area contributed by atoms with Crippen LogP contribution in [-0.4, -0.2) is 28.2 Å². The van der Waals surface area contributed by atoms with Gasteiger partial charge in [-0.05, 0) is 31.7 Å². The maximum Gasteiger partial charge on any atom is 0.213 e. The molecule has 20 heavy (non-hydrogen) atoms. The zero-order chi connectivity index (χ0) is 13.3. The first-order valence-electron chi connectivity index (χ1n) is 6.40. The van der Waals surface area contributed by atoms with E-state index in [9.17, 15) is 0 Å². The average molecular weight is 315 g/mol. The monoisotopic (exact) mass is 314 g/mol. The highest BCUT2D eigenvalue weighted by molar-refractivity contribution is 8.14. The summed E-state index contributed by atoms with van der Waals surface area (Å²) >= 11 is 1.56. The third kappa shape index (κ3) is 6.25. The summed E-state index contributed by atoms with van der Waals surface area (Å²) in [7, 11) is 0. The number of unbranched alkanes of at least 4 members (excludes halogenated alkanes) is 2. The van der Waals surface area contributed by atoms with Gasteiger partial charge >= 0.3 is 0 Å². The van der Waals surface area contributed by atoms with Crippen molar-refractivity contribution in [3.05, 3.63) is 24.4 Å². The lowest BCUT2D eigenvalue weighted by Crippen LogP contribution is -2.15. The van der Waals surface area contributed by atoms with Gasteiger partial charge in [-0.15, -0.1) is 17.5 Å². The van der Waals surface area contributed by atoms with Crippen molar-refractivity contribution in [1.82, 2.24) is 4.98 Å². The van der Waals surface area contributed by atoms with Crippen LogP contribution in [0.15, 0.2) is 34.6 Å². The Morgan fingerprint density at radius 1 is 1.20 bits per heavy atom. The second kappa shape index (κ2) is 9.61. The minimum absolute atomic E-state index is 0.